The number of benzene rings is 1. The average Bonchev–Trinajstić information content (AvgIpc) is 3.29. The fourth-order valence-electron chi connectivity index (χ4n) is 2.63. The molecular formula is C19H25N7OS. The zero-order valence-corrected chi connectivity index (χ0v) is 17.3. The van der Waals surface area contributed by atoms with Crippen LogP contribution in [-0.4, -0.2) is 35.8 Å². The minimum atomic E-state index is -0.405. The summed E-state index contributed by atoms with van der Waals surface area (Å²) in [6.45, 7) is 7.97. The van der Waals surface area contributed by atoms with Gasteiger partial charge in [0.05, 0.1) is 17.5 Å². The molecule has 1 aromatic carbocycles. The van der Waals surface area contributed by atoms with E-state index in [1.165, 1.54) is 16.4 Å². The van der Waals surface area contributed by atoms with Crippen molar-refractivity contribution in [3.05, 3.63) is 42.1 Å². The van der Waals surface area contributed by atoms with E-state index in [1.807, 2.05) is 42.8 Å². The fourth-order valence-corrected chi connectivity index (χ4v) is 3.40. The topological polar surface area (TPSA) is 104 Å². The van der Waals surface area contributed by atoms with E-state index in [1.54, 1.807) is 12.3 Å². The van der Waals surface area contributed by atoms with Crippen molar-refractivity contribution in [1.29, 1.82) is 0 Å². The Morgan fingerprint density at radius 1 is 1.21 bits per heavy atom. The molecule has 0 radical (unpaired) electrons. The smallest absolute Gasteiger partial charge is 0.238 e. The van der Waals surface area contributed by atoms with Gasteiger partial charge in [0.15, 0.2) is 5.82 Å². The van der Waals surface area contributed by atoms with Gasteiger partial charge in [-0.25, -0.2) is 9.36 Å². The fraction of sp³-hybridized carbons (Fsp3) is 0.368. The molecule has 9 heteroatoms. The summed E-state index contributed by atoms with van der Waals surface area (Å²) in [5, 5.41) is 15.6. The number of carbonyl (C=O) groups excluding carboxylic acids is 1. The zero-order valence-electron chi connectivity index (χ0n) is 16.5. The number of thioether (sulfide) groups is 1. The van der Waals surface area contributed by atoms with Crippen molar-refractivity contribution in [3.8, 4) is 11.4 Å². The molecule has 0 saturated carbocycles. The number of nitrogen functional groups attached to an aromatic ring is 1. The van der Waals surface area contributed by atoms with E-state index >= 15 is 0 Å². The second kappa shape index (κ2) is 8.47. The van der Waals surface area contributed by atoms with E-state index in [0.29, 0.717) is 16.8 Å². The minimum Gasteiger partial charge on any atom is -0.335 e. The monoisotopic (exact) mass is 399 g/mol. The first-order valence-electron chi connectivity index (χ1n) is 9.19. The molecule has 3 N–H and O–H groups in total. The van der Waals surface area contributed by atoms with Crippen molar-refractivity contribution in [3.63, 3.8) is 0 Å². The molecule has 8 nitrogen and oxygen atoms in total. The third-order valence-corrected chi connectivity index (χ3v) is 5.61. The molecule has 0 saturated heterocycles. The molecule has 0 aliphatic rings. The van der Waals surface area contributed by atoms with Crippen LogP contribution >= 0.6 is 11.8 Å². The highest BCUT2D eigenvalue weighted by Crippen LogP contribution is 2.26. The van der Waals surface area contributed by atoms with Crippen LogP contribution in [0.1, 0.15) is 38.8 Å². The Balaban J connectivity index is 1.70. The normalized spacial score (nSPS) is 13.3. The van der Waals surface area contributed by atoms with Crippen LogP contribution in [-0.2, 0) is 4.79 Å². The molecule has 0 bridgehead atoms. The number of nitrogens with zero attached hydrogens (tertiary/aromatic N) is 5. The average molecular weight is 400 g/mol. The lowest BCUT2D eigenvalue weighted by atomic mass is 10.1. The highest BCUT2D eigenvalue weighted by atomic mass is 32.2. The van der Waals surface area contributed by atoms with Crippen molar-refractivity contribution in [1.82, 2.24) is 24.7 Å². The first kappa shape index (κ1) is 19.9. The maximum Gasteiger partial charge on any atom is 0.238 e. The van der Waals surface area contributed by atoms with Gasteiger partial charge in [0.2, 0.25) is 11.1 Å². The lowest BCUT2D eigenvalue weighted by molar-refractivity contribution is -0.115. The number of aromatic nitrogens is 5. The van der Waals surface area contributed by atoms with Crippen LogP contribution < -0.4 is 11.2 Å². The third kappa shape index (κ3) is 4.19. The Morgan fingerprint density at radius 2 is 1.93 bits per heavy atom. The number of hydrogen-bond donors (Lipinski definition) is 2. The zero-order chi connectivity index (χ0) is 20.3. The third-order valence-electron chi connectivity index (χ3n) is 4.56. The lowest BCUT2D eigenvalue weighted by Crippen LogP contribution is -2.25. The van der Waals surface area contributed by atoms with E-state index in [0.717, 1.165) is 17.5 Å². The van der Waals surface area contributed by atoms with Gasteiger partial charge in [0, 0.05) is 11.6 Å². The Hall–Kier alpha value is -2.81. The highest BCUT2D eigenvalue weighted by molar-refractivity contribution is 8.00. The number of nitrogens with one attached hydrogen (secondary N) is 1. The van der Waals surface area contributed by atoms with Crippen molar-refractivity contribution in [2.75, 3.05) is 11.2 Å². The molecule has 2 aromatic heterocycles. The number of anilines is 1. The Labute approximate surface area is 168 Å². The summed E-state index contributed by atoms with van der Waals surface area (Å²) in [6.07, 6.45) is 2.61. The second-order valence-corrected chi connectivity index (χ2v) is 8.02. The standard InChI is InChI=1S/C19H25N7OS/c1-5-13(3)26-16(10-11-21-26)22-18(27)14(4)28-19-24-23-17(25(19)20)15-8-6-12(2)7-9-15/h6-11,13-14H,5,20H2,1-4H3,(H,22,27)/t13-,14-/m0/s1. The molecule has 0 fully saturated rings. The van der Waals surface area contributed by atoms with Crippen molar-refractivity contribution >= 4 is 23.5 Å². The van der Waals surface area contributed by atoms with Gasteiger partial charge in [-0.15, -0.1) is 10.2 Å². The predicted molar refractivity (Wildman–Crippen MR) is 112 cm³/mol. The second-order valence-electron chi connectivity index (χ2n) is 6.71. The summed E-state index contributed by atoms with van der Waals surface area (Å²) < 4.78 is 3.23. The first-order chi connectivity index (χ1) is 13.4. The van der Waals surface area contributed by atoms with Crippen molar-refractivity contribution < 1.29 is 4.79 Å². The van der Waals surface area contributed by atoms with Crippen molar-refractivity contribution in [2.45, 2.75) is 50.6 Å². The van der Waals surface area contributed by atoms with Crippen LogP contribution in [0.4, 0.5) is 5.82 Å². The van der Waals surface area contributed by atoms with Crippen molar-refractivity contribution in [2.24, 2.45) is 0 Å². The molecule has 148 valence electrons. The molecule has 0 unspecified atom stereocenters. The molecule has 0 spiro atoms. The summed E-state index contributed by atoms with van der Waals surface area (Å²) in [5.41, 5.74) is 2.03. The maximum absolute atomic E-state index is 12.6. The molecule has 2 heterocycles. The molecular weight excluding hydrogens is 374 g/mol. The minimum absolute atomic E-state index is 0.144. The Kier molecular flexibility index (Phi) is 6.03. The lowest BCUT2D eigenvalue weighted by Gasteiger charge is -2.16. The number of carbonyl (C=O) groups is 1. The summed E-state index contributed by atoms with van der Waals surface area (Å²) in [6, 6.07) is 9.88. The van der Waals surface area contributed by atoms with E-state index in [4.69, 9.17) is 5.84 Å². The first-order valence-corrected chi connectivity index (χ1v) is 10.1. The van der Waals surface area contributed by atoms with E-state index in [9.17, 15) is 4.79 Å². The Morgan fingerprint density at radius 3 is 2.61 bits per heavy atom. The van der Waals surface area contributed by atoms with Gasteiger partial charge in [-0.3, -0.25) is 4.79 Å². The highest BCUT2D eigenvalue weighted by Gasteiger charge is 2.21. The molecule has 3 rings (SSSR count). The summed E-state index contributed by atoms with van der Waals surface area (Å²) in [5.74, 6) is 7.26. The van der Waals surface area contributed by atoms with Gasteiger partial charge < -0.3 is 11.2 Å². The number of amides is 1. The van der Waals surface area contributed by atoms with Gasteiger partial charge in [-0.05, 0) is 27.2 Å². The van der Waals surface area contributed by atoms with Gasteiger partial charge in [-0.1, -0.05) is 48.5 Å². The van der Waals surface area contributed by atoms with Crippen LogP contribution in [0.5, 0.6) is 0 Å². The van der Waals surface area contributed by atoms with Crippen LogP contribution in [0.3, 0.4) is 0 Å². The van der Waals surface area contributed by atoms with Gasteiger partial charge in [0.25, 0.3) is 0 Å². The maximum atomic E-state index is 12.6. The van der Waals surface area contributed by atoms with Gasteiger partial charge in [-0.2, -0.15) is 5.10 Å². The molecule has 0 aliphatic heterocycles. The number of aryl methyl sites for hydroxylation is 1. The number of hydrogen-bond acceptors (Lipinski definition) is 6. The molecule has 3 aromatic rings. The van der Waals surface area contributed by atoms with Gasteiger partial charge >= 0.3 is 0 Å². The predicted octanol–water partition coefficient (Wildman–Crippen LogP) is 3.25. The molecule has 1 amide bonds. The largest absolute Gasteiger partial charge is 0.335 e. The summed E-state index contributed by atoms with van der Waals surface area (Å²) in [7, 11) is 0. The number of rotatable bonds is 7. The van der Waals surface area contributed by atoms with Crippen LogP contribution in [0.2, 0.25) is 0 Å². The van der Waals surface area contributed by atoms with Crippen LogP contribution in [0.25, 0.3) is 11.4 Å². The van der Waals surface area contributed by atoms with E-state index in [2.05, 4.69) is 34.5 Å². The molecule has 28 heavy (non-hydrogen) atoms. The molecule has 2 atom stereocenters. The quantitative estimate of drug-likeness (QED) is 0.467. The summed E-state index contributed by atoms with van der Waals surface area (Å²) >= 11 is 1.26. The van der Waals surface area contributed by atoms with E-state index in [-0.39, 0.29) is 11.9 Å². The SMILES string of the molecule is CC[C@H](C)n1nccc1NC(=O)[C@H](C)Sc1nnc(-c2ccc(C)cc2)n1N. The van der Waals surface area contributed by atoms with Gasteiger partial charge in [0.1, 0.15) is 5.82 Å². The van der Waals surface area contributed by atoms with Crippen LogP contribution in [0.15, 0.2) is 41.7 Å². The Bertz CT molecular complexity index is 948. The molecule has 0 aliphatic carbocycles. The number of nitrogens with two attached hydrogens (primary N) is 1. The van der Waals surface area contributed by atoms with E-state index < -0.39 is 5.25 Å². The summed E-state index contributed by atoms with van der Waals surface area (Å²) in [4.78, 5) is 12.6. The van der Waals surface area contributed by atoms with Crippen LogP contribution in [0, 0.1) is 6.92 Å².